The summed E-state index contributed by atoms with van der Waals surface area (Å²) in [7, 11) is 0. The van der Waals surface area contributed by atoms with Crippen molar-refractivity contribution in [2.45, 2.75) is 6.04 Å². The molecule has 14 heavy (non-hydrogen) atoms. The van der Waals surface area contributed by atoms with Gasteiger partial charge in [-0.25, -0.2) is 9.80 Å². The Kier molecular flexibility index (Phi) is 2.97. The number of nitrogens with two attached hydrogens (primary N) is 1. The molecule has 0 aliphatic rings. The molecule has 1 atom stereocenters. The molecule has 0 saturated carbocycles. The van der Waals surface area contributed by atoms with Crippen LogP contribution in [0.4, 0.5) is 0 Å². The van der Waals surface area contributed by atoms with Crippen molar-refractivity contribution in [1.29, 1.82) is 0 Å². The maximum Gasteiger partial charge on any atom is 0.169 e. The number of hydrogen-bond donors (Lipinski definition) is 2. The maximum absolute atomic E-state index is 5.46. The Hall–Kier alpha value is -0.690. The molecule has 4 nitrogen and oxygen atoms in total. The highest BCUT2D eigenvalue weighted by atomic mass is 79.9. The van der Waals surface area contributed by atoms with Crippen LogP contribution in [-0.2, 0) is 0 Å². The SMILES string of the molecule is NNC(c1ccc(Br)o1)c1ccns1. The number of furan rings is 1. The summed E-state index contributed by atoms with van der Waals surface area (Å²) >= 11 is 4.64. The number of nitrogens with one attached hydrogen (secondary N) is 1. The lowest BCUT2D eigenvalue weighted by Crippen LogP contribution is -2.27. The minimum Gasteiger partial charge on any atom is -0.452 e. The molecule has 0 bridgehead atoms. The van der Waals surface area contributed by atoms with E-state index in [1.165, 1.54) is 11.5 Å². The molecule has 0 fully saturated rings. The zero-order valence-electron chi connectivity index (χ0n) is 7.11. The zero-order chi connectivity index (χ0) is 9.97. The smallest absolute Gasteiger partial charge is 0.169 e. The first kappa shape index (κ1) is 9.85. The van der Waals surface area contributed by atoms with Crippen LogP contribution in [0.15, 0.2) is 33.5 Å². The molecule has 0 radical (unpaired) electrons. The third-order valence-electron chi connectivity index (χ3n) is 1.79. The standard InChI is InChI=1S/C8H8BrN3OS/c9-7-2-1-5(13-7)8(12-10)6-3-4-11-14-6/h1-4,8,12H,10H2. The van der Waals surface area contributed by atoms with Crippen LogP contribution in [0.5, 0.6) is 0 Å². The Morgan fingerprint density at radius 3 is 2.86 bits per heavy atom. The van der Waals surface area contributed by atoms with E-state index in [0.29, 0.717) is 4.67 Å². The minimum absolute atomic E-state index is 0.131. The van der Waals surface area contributed by atoms with E-state index in [2.05, 4.69) is 25.7 Å². The van der Waals surface area contributed by atoms with Gasteiger partial charge in [-0.2, -0.15) is 0 Å². The Bertz CT molecular complexity index is 400. The van der Waals surface area contributed by atoms with Gasteiger partial charge in [0.15, 0.2) is 4.67 Å². The van der Waals surface area contributed by atoms with Crippen molar-refractivity contribution in [2.24, 2.45) is 5.84 Å². The first-order valence-corrected chi connectivity index (χ1v) is 5.50. The molecule has 2 aromatic rings. The predicted octanol–water partition coefficient (Wildman–Crippen LogP) is 2.05. The van der Waals surface area contributed by atoms with Crippen LogP contribution in [0.3, 0.4) is 0 Å². The van der Waals surface area contributed by atoms with Crippen molar-refractivity contribution in [1.82, 2.24) is 9.80 Å². The van der Waals surface area contributed by atoms with Crippen molar-refractivity contribution >= 4 is 27.5 Å². The first-order valence-electron chi connectivity index (χ1n) is 3.93. The summed E-state index contributed by atoms with van der Waals surface area (Å²) in [5.41, 5.74) is 2.69. The molecule has 2 rings (SSSR count). The van der Waals surface area contributed by atoms with Crippen LogP contribution in [-0.4, -0.2) is 4.37 Å². The van der Waals surface area contributed by atoms with Gasteiger partial charge in [0.2, 0.25) is 0 Å². The Morgan fingerprint density at radius 1 is 1.50 bits per heavy atom. The topological polar surface area (TPSA) is 64.1 Å². The summed E-state index contributed by atoms with van der Waals surface area (Å²) in [6, 6.07) is 5.48. The molecule has 6 heteroatoms. The predicted molar refractivity (Wildman–Crippen MR) is 57.7 cm³/mol. The molecule has 2 heterocycles. The maximum atomic E-state index is 5.46. The van der Waals surface area contributed by atoms with Gasteiger partial charge in [-0.15, -0.1) is 0 Å². The van der Waals surface area contributed by atoms with Crippen LogP contribution in [0.25, 0.3) is 0 Å². The molecule has 0 aliphatic carbocycles. The van der Waals surface area contributed by atoms with Crippen molar-refractivity contribution in [2.75, 3.05) is 0 Å². The molecule has 0 saturated heterocycles. The normalized spacial score (nSPS) is 13.0. The quantitative estimate of drug-likeness (QED) is 0.664. The van der Waals surface area contributed by atoms with Crippen molar-refractivity contribution in [3.63, 3.8) is 0 Å². The highest BCUT2D eigenvalue weighted by Gasteiger charge is 2.17. The molecular weight excluding hydrogens is 266 g/mol. The van der Waals surface area contributed by atoms with Gasteiger partial charge in [0.1, 0.15) is 11.8 Å². The summed E-state index contributed by atoms with van der Waals surface area (Å²) < 4.78 is 10.1. The summed E-state index contributed by atoms with van der Waals surface area (Å²) in [5.74, 6) is 6.23. The van der Waals surface area contributed by atoms with Gasteiger partial charge in [-0.05, 0) is 45.7 Å². The fraction of sp³-hybridized carbons (Fsp3) is 0.125. The number of hydrogen-bond acceptors (Lipinski definition) is 5. The van der Waals surface area contributed by atoms with Crippen LogP contribution in [0.2, 0.25) is 0 Å². The van der Waals surface area contributed by atoms with E-state index in [9.17, 15) is 0 Å². The molecule has 0 aromatic carbocycles. The first-order chi connectivity index (χ1) is 6.81. The largest absolute Gasteiger partial charge is 0.452 e. The summed E-state index contributed by atoms with van der Waals surface area (Å²) in [6.07, 6.45) is 1.74. The van der Waals surface area contributed by atoms with E-state index in [1.807, 2.05) is 18.2 Å². The fourth-order valence-corrected chi connectivity index (χ4v) is 2.14. The van der Waals surface area contributed by atoms with Gasteiger partial charge in [0.25, 0.3) is 0 Å². The number of nitrogens with zero attached hydrogens (tertiary/aromatic N) is 1. The lowest BCUT2D eigenvalue weighted by atomic mass is 10.2. The van der Waals surface area contributed by atoms with Gasteiger partial charge < -0.3 is 4.42 Å². The minimum atomic E-state index is -0.131. The average molecular weight is 274 g/mol. The van der Waals surface area contributed by atoms with Gasteiger partial charge in [0, 0.05) is 6.20 Å². The Labute approximate surface area is 93.4 Å². The van der Waals surface area contributed by atoms with Crippen molar-refractivity contribution < 1.29 is 4.42 Å². The van der Waals surface area contributed by atoms with E-state index in [-0.39, 0.29) is 6.04 Å². The van der Waals surface area contributed by atoms with Gasteiger partial charge >= 0.3 is 0 Å². The number of aromatic nitrogens is 1. The highest BCUT2D eigenvalue weighted by Crippen LogP contribution is 2.27. The lowest BCUT2D eigenvalue weighted by Gasteiger charge is -2.09. The number of halogens is 1. The number of hydrazine groups is 1. The van der Waals surface area contributed by atoms with Crippen LogP contribution < -0.4 is 11.3 Å². The van der Waals surface area contributed by atoms with Gasteiger partial charge in [-0.1, -0.05) is 0 Å². The van der Waals surface area contributed by atoms with Crippen LogP contribution in [0, 0.1) is 0 Å². The van der Waals surface area contributed by atoms with Gasteiger partial charge in [0.05, 0.1) is 4.88 Å². The van der Waals surface area contributed by atoms with Crippen molar-refractivity contribution in [3.8, 4) is 0 Å². The summed E-state index contributed by atoms with van der Waals surface area (Å²) in [5, 5.41) is 0. The summed E-state index contributed by atoms with van der Waals surface area (Å²) in [6.45, 7) is 0. The molecule has 74 valence electrons. The van der Waals surface area contributed by atoms with E-state index in [4.69, 9.17) is 10.3 Å². The Morgan fingerprint density at radius 2 is 2.36 bits per heavy atom. The van der Waals surface area contributed by atoms with E-state index >= 15 is 0 Å². The monoisotopic (exact) mass is 273 g/mol. The number of rotatable bonds is 3. The third kappa shape index (κ3) is 1.88. The molecule has 0 spiro atoms. The third-order valence-corrected chi connectivity index (χ3v) is 3.02. The molecule has 3 N–H and O–H groups in total. The van der Waals surface area contributed by atoms with Crippen LogP contribution in [0.1, 0.15) is 16.7 Å². The second-order valence-electron chi connectivity index (χ2n) is 2.66. The van der Waals surface area contributed by atoms with Crippen LogP contribution >= 0.6 is 27.5 Å². The van der Waals surface area contributed by atoms with E-state index in [0.717, 1.165) is 10.6 Å². The Balaban J connectivity index is 2.31. The van der Waals surface area contributed by atoms with E-state index < -0.39 is 0 Å². The van der Waals surface area contributed by atoms with Gasteiger partial charge in [-0.3, -0.25) is 5.84 Å². The lowest BCUT2D eigenvalue weighted by molar-refractivity contribution is 0.440. The van der Waals surface area contributed by atoms with Crippen molar-refractivity contribution in [3.05, 3.63) is 39.7 Å². The molecule has 0 amide bonds. The molecule has 1 unspecified atom stereocenters. The second-order valence-corrected chi connectivity index (χ2v) is 4.30. The average Bonchev–Trinajstić information content (AvgIpc) is 2.79. The molecule has 2 aromatic heterocycles. The second kappa shape index (κ2) is 4.22. The molecule has 0 aliphatic heterocycles. The zero-order valence-corrected chi connectivity index (χ0v) is 9.51. The highest BCUT2D eigenvalue weighted by molar-refractivity contribution is 9.10. The summed E-state index contributed by atoms with van der Waals surface area (Å²) in [4.78, 5) is 1.02. The fourth-order valence-electron chi connectivity index (χ4n) is 1.16. The molecular formula is C8H8BrN3OS. The van der Waals surface area contributed by atoms with E-state index in [1.54, 1.807) is 6.20 Å².